The lowest BCUT2D eigenvalue weighted by molar-refractivity contribution is -0.138. The number of hydrogen-bond donors (Lipinski definition) is 1. The Bertz CT molecular complexity index is 426. The molecule has 0 bridgehead atoms. The zero-order valence-corrected chi connectivity index (χ0v) is 12.0. The normalized spacial score (nSPS) is 17.3. The Labute approximate surface area is 119 Å². The van der Waals surface area contributed by atoms with Crippen LogP contribution in [0.4, 0.5) is 0 Å². The molecular formula is C14H21N3O3. The van der Waals surface area contributed by atoms with Crippen molar-refractivity contribution in [3.05, 3.63) is 0 Å². The van der Waals surface area contributed by atoms with E-state index < -0.39 is 17.6 Å². The number of carbonyl (C=O) groups excluding carboxylic acids is 3. The second-order valence-electron chi connectivity index (χ2n) is 5.32. The third-order valence-corrected chi connectivity index (χ3v) is 3.16. The minimum absolute atomic E-state index is 0.0724. The molecule has 1 fully saturated rings. The molecule has 0 saturated carbocycles. The van der Waals surface area contributed by atoms with Crippen LogP contribution in [-0.4, -0.2) is 41.6 Å². The van der Waals surface area contributed by atoms with Gasteiger partial charge in [-0.15, -0.1) is 0 Å². The van der Waals surface area contributed by atoms with Crippen molar-refractivity contribution in [1.82, 2.24) is 10.2 Å². The first-order valence-electron chi connectivity index (χ1n) is 6.96. The molecule has 110 valence electrons. The van der Waals surface area contributed by atoms with Crippen molar-refractivity contribution >= 4 is 17.6 Å². The van der Waals surface area contributed by atoms with Gasteiger partial charge in [0.1, 0.15) is 0 Å². The Morgan fingerprint density at radius 1 is 1.35 bits per heavy atom. The lowest BCUT2D eigenvalue weighted by atomic mass is 10.0. The Kier molecular flexibility index (Phi) is 6.16. The summed E-state index contributed by atoms with van der Waals surface area (Å²) in [5.41, 5.74) is 0. The van der Waals surface area contributed by atoms with E-state index in [4.69, 9.17) is 5.26 Å². The van der Waals surface area contributed by atoms with E-state index in [0.29, 0.717) is 13.0 Å². The Balaban J connectivity index is 2.65. The van der Waals surface area contributed by atoms with Gasteiger partial charge in [-0.3, -0.25) is 14.4 Å². The highest BCUT2D eigenvalue weighted by atomic mass is 16.2. The topological polar surface area (TPSA) is 90.3 Å². The lowest BCUT2D eigenvalue weighted by Crippen LogP contribution is -2.43. The van der Waals surface area contributed by atoms with E-state index in [-0.39, 0.29) is 18.5 Å². The molecule has 1 heterocycles. The summed E-state index contributed by atoms with van der Waals surface area (Å²) < 4.78 is 0. The minimum atomic E-state index is -1.34. The fourth-order valence-electron chi connectivity index (χ4n) is 2.13. The molecule has 0 aromatic carbocycles. The molecule has 1 unspecified atom stereocenters. The summed E-state index contributed by atoms with van der Waals surface area (Å²) in [5.74, 6) is -2.51. The third-order valence-electron chi connectivity index (χ3n) is 3.16. The maximum Gasteiger partial charge on any atom is 0.245 e. The number of ketones is 1. The molecule has 20 heavy (non-hydrogen) atoms. The first-order chi connectivity index (χ1) is 9.45. The Morgan fingerprint density at radius 3 is 2.65 bits per heavy atom. The maximum atomic E-state index is 12.0. The van der Waals surface area contributed by atoms with Crippen LogP contribution in [0.5, 0.6) is 0 Å². The van der Waals surface area contributed by atoms with Gasteiger partial charge in [-0.25, -0.2) is 0 Å². The highest BCUT2D eigenvalue weighted by molar-refractivity contribution is 6.05. The van der Waals surface area contributed by atoms with Crippen molar-refractivity contribution in [2.45, 2.75) is 45.6 Å². The van der Waals surface area contributed by atoms with E-state index >= 15 is 0 Å². The number of nitrogens with one attached hydrogen (secondary N) is 1. The number of carbonyl (C=O) groups is 3. The summed E-state index contributed by atoms with van der Waals surface area (Å²) in [7, 11) is 0. The highest BCUT2D eigenvalue weighted by Gasteiger charge is 2.29. The molecule has 1 rings (SSSR count). The third kappa shape index (κ3) is 4.65. The van der Waals surface area contributed by atoms with Crippen LogP contribution in [0.3, 0.4) is 0 Å². The molecule has 0 spiro atoms. The molecule has 6 nitrogen and oxygen atoms in total. The van der Waals surface area contributed by atoms with Gasteiger partial charge in [-0.05, 0) is 26.7 Å². The molecule has 0 aliphatic carbocycles. The number of likely N-dealkylation sites (tertiary alicyclic amines) is 1. The molecule has 0 aromatic rings. The van der Waals surface area contributed by atoms with Crippen LogP contribution >= 0.6 is 0 Å². The quantitative estimate of drug-likeness (QED) is 0.747. The molecule has 1 aliphatic rings. The summed E-state index contributed by atoms with van der Waals surface area (Å²) in [5, 5.41) is 11.5. The van der Waals surface area contributed by atoms with E-state index in [2.05, 4.69) is 5.32 Å². The van der Waals surface area contributed by atoms with E-state index in [0.717, 1.165) is 19.3 Å². The molecular weight excluding hydrogens is 258 g/mol. The van der Waals surface area contributed by atoms with Gasteiger partial charge in [-0.1, -0.05) is 6.42 Å². The number of nitrogens with zero attached hydrogens (tertiary/aromatic N) is 2. The van der Waals surface area contributed by atoms with Gasteiger partial charge in [0.25, 0.3) is 0 Å². The highest BCUT2D eigenvalue weighted by Crippen LogP contribution is 2.12. The van der Waals surface area contributed by atoms with Crippen molar-refractivity contribution in [1.29, 1.82) is 5.26 Å². The van der Waals surface area contributed by atoms with Crippen molar-refractivity contribution < 1.29 is 14.4 Å². The number of nitriles is 1. The Morgan fingerprint density at radius 2 is 2.05 bits per heavy atom. The number of rotatable bonds is 5. The predicted octanol–water partition coefficient (Wildman–Crippen LogP) is 0.622. The van der Waals surface area contributed by atoms with E-state index in [9.17, 15) is 14.4 Å². The average Bonchev–Trinajstić information content (AvgIpc) is 2.55. The van der Waals surface area contributed by atoms with Gasteiger partial charge in [0, 0.05) is 19.0 Å². The second kappa shape index (κ2) is 7.63. The second-order valence-corrected chi connectivity index (χ2v) is 5.32. The van der Waals surface area contributed by atoms with Crippen LogP contribution in [0.2, 0.25) is 0 Å². The van der Waals surface area contributed by atoms with Crippen molar-refractivity contribution in [3.63, 3.8) is 0 Å². The van der Waals surface area contributed by atoms with Crippen LogP contribution < -0.4 is 5.32 Å². The SMILES string of the molecule is CC(C)NC(=O)C(C#N)C(=O)CN1CCCCCC1=O. The monoisotopic (exact) mass is 279 g/mol. The molecule has 1 N–H and O–H groups in total. The smallest absolute Gasteiger partial charge is 0.245 e. The summed E-state index contributed by atoms with van der Waals surface area (Å²) >= 11 is 0. The van der Waals surface area contributed by atoms with Crippen molar-refractivity contribution in [3.8, 4) is 6.07 Å². The average molecular weight is 279 g/mol. The standard InChI is InChI=1S/C14H21N3O3/c1-10(2)16-14(20)11(8-15)12(18)9-17-7-5-3-4-6-13(17)19/h10-11H,3-7,9H2,1-2H3,(H,16,20). The van der Waals surface area contributed by atoms with Crippen LogP contribution in [0.15, 0.2) is 0 Å². The largest absolute Gasteiger partial charge is 0.352 e. The van der Waals surface area contributed by atoms with E-state index in [1.54, 1.807) is 19.9 Å². The maximum absolute atomic E-state index is 12.0. The first kappa shape index (κ1) is 16.2. The summed E-state index contributed by atoms with van der Waals surface area (Å²) in [4.78, 5) is 37.1. The predicted molar refractivity (Wildman–Crippen MR) is 72.4 cm³/mol. The summed E-state index contributed by atoms with van der Waals surface area (Å²) in [6.45, 7) is 3.89. The lowest BCUT2D eigenvalue weighted by Gasteiger charge is -2.21. The van der Waals surface area contributed by atoms with Gasteiger partial charge in [0.05, 0.1) is 12.6 Å². The zero-order chi connectivity index (χ0) is 15.1. The molecule has 0 radical (unpaired) electrons. The molecule has 6 heteroatoms. The Hall–Kier alpha value is -1.90. The van der Waals surface area contributed by atoms with Gasteiger partial charge in [0.2, 0.25) is 11.8 Å². The summed E-state index contributed by atoms with van der Waals surface area (Å²) in [6.07, 6.45) is 3.09. The van der Waals surface area contributed by atoms with Crippen LogP contribution in [0.25, 0.3) is 0 Å². The number of Topliss-reactive ketones (excluding diaryl/α,β-unsaturated/α-hetero) is 1. The fourth-order valence-corrected chi connectivity index (χ4v) is 2.13. The molecule has 2 amide bonds. The van der Waals surface area contributed by atoms with Gasteiger partial charge in [0.15, 0.2) is 11.7 Å². The van der Waals surface area contributed by atoms with Gasteiger partial charge >= 0.3 is 0 Å². The van der Waals surface area contributed by atoms with E-state index in [1.807, 2.05) is 0 Å². The first-order valence-corrected chi connectivity index (χ1v) is 6.96. The van der Waals surface area contributed by atoms with Crippen LogP contribution in [-0.2, 0) is 14.4 Å². The van der Waals surface area contributed by atoms with Gasteiger partial charge < -0.3 is 10.2 Å². The molecule has 1 aliphatic heterocycles. The molecule has 1 atom stereocenters. The molecule has 0 aromatic heterocycles. The number of amides is 2. The molecule has 1 saturated heterocycles. The van der Waals surface area contributed by atoms with E-state index in [1.165, 1.54) is 4.90 Å². The van der Waals surface area contributed by atoms with Crippen LogP contribution in [0.1, 0.15) is 39.5 Å². The van der Waals surface area contributed by atoms with Crippen molar-refractivity contribution in [2.75, 3.05) is 13.1 Å². The number of hydrogen-bond acceptors (Lipinski definition) is 4. The summed E-state index contributed by atoms with van der Waals surface area (Å²) in [6, 6.07) is 1.59. The fraction of sp³-hybridized carbons (Fsp3) is 0.714. The zero-order valence-electron chi connectivity index (χ0n) is 12.0. The van der Waals surface area contributed by atoms with Gasteiger partial charge in [-0.2, -0.15) is 5.26 Å². The minimum Gasteiger partial charge on any atom is -0.352 e. The van der Waals surface area contributed by atoms with Crippen molar-refractivity contribution in [2.24, 2.45) is 5.92 Å². The van der Waals surface area contributed by atoms with Crippen LogP contribution in [0, 0.1) is 17.2 Å².